The second-order valence-corrected chi connectivity index (χ2v) is 13.6. The largest absolute Gasteiger partial charge is 0.487 e. The Balaban J connectivity index is 7.58. The summed E-state index contributed by atoms with van der Waals surface area (Å²) in [5.41, 5.74) is 0. The van der Waals surface area contributed by atoms with E-state index < -0.39 is 86.9 Å². The van der Waals surface area contributed by atoms with Crippen LogP contribution in [0.2, 0.25) is 0 Å². The van der Waals surface area contributed by atoms with Crippen LogP contribution >= 0.6 is 50.1 Å². The second kappa shape index (κ2) is 25.7. The Bertz CT molecular complexity index is 968. The molecule has 0 fully saturated rings. The van der Waals surface area contributed by atoms with E-state index in [-0.39, 0.29) is 57.6 Å². The van der Waals surface area contributed by atoms with Crippen LogP contribution in [0.25, 0.3) is 0 Å². The van der Waals surface area contributed by atoms with Crippen LogP contribution < -0.4 is 0 Å². The summed E-state index contributed by atoms with van der Waals surface area (Å²) in [5.74, 6) is -28.2. The third-order valence-electron chi connectivity index (χ3n) is 7.16. The average Bonchev–Trinajstić information content (AvgIpc) is 3.07. The van der Waals surface area contributed by atoms with Crippen molar-refractivity contribution in [3.8, 4) is 0 Å². The number of hydrogen-bond donors (Lipinski definition) is 0. The van der Waals surface area contributed by atoms with Crippen LogP contribution in [0.5, 0.6) is 0 Å². The lowest BCUT2D eigenvalue weighted by Crippen LogP contribution is -2.67. The fraction of sp³-hybridized carbons (Fsp3) is 0.935. The summed E-state index contributed by atoms with van der Waals surface area (Å²) in [6, 6.07) is 0. The lowest BCUT2D eigenvalue weighted by Gasteiger charge is -2.38. The van der Waals surface area contributed by atoms with E-state index in [0.717, 1.165) is 0 Å². The van der Waals surface area contributed by atoms with Crippen molar-refractivity contribution in [3.63, 3.8) is 0 Å². The SMILES string of the molecule is FCCCCCOC(CCCF)(OCCCCCCl)C(OCCCCCBr)=C(OCCCCCI)OC(F)(F)C(F)(F)C(F)(F)C(F)(F)C(F)(F)F. The highest BCUT2D eigenvalue weighted by atomic mass is 127. The summed E-state index contributed by atoms with van der Waals surface area (Å²) in [5, 5.41) is 0.524. The van der Waals surface area contributed by atoms with Crippen molar-refractivity contribution in [2.45, 2.75) is 126 Å². The molecule has 0 amide bonds. The topological polar surface area (TPSA) is 46.2 Å². The van der Waals surface area contributed by atoms with E-state index >= 15 is 8.78 Å². The summed E-state index contributed by atoms with van der Waals surface area (Å²) in [6.07, 6.45) is -11.9. The monoisotopic (exact) mass is 986 g/mol. The third-order valence-corrected chi connectivity index (χ3v) is 8.75. The number of alkyl halides is 16. The van der Waals surface area contributed by atoms with Gasteiger partial charge in [0.05, 0.1) is 39.8 Å². The number of ether oxygens (including phenoxy) is 5. The van der Waals surface area contributed by atoms with Gasteiger partial charge in [0.2, 0.25) is 11.5 Å². The minimum absolute atomic E-state index is 0.000485. The highest BCUT2D eigenvalue weighted by molar-refractivity contribution is 14.1. The molecule has 1 unspecified atom stereocenters. The first-order valence-electron chi connectivity index (χ1n) is 16.6. The molecule has 0 heterocycles. The zero-order valence-corrected chi connectivity index (χ0v) is 32.9. The fourth-order valence-electron chi connectivity index (χ4n) is 4.24. The van der Waals surface area contributed by atoms with Gasteiger partial charge in [0.1, 0.15) is 0 Å². The normalized spacial score (nSPS) is 15.0. The summed E-state index contributed by atoms with van der Waals surface area (Å²) in [4.78, 5) is 0. The van der Waals surface area contributed by atoms with Crippen molar-refractivity contribution in [1.82, 2.24) is 0 Å². The predicted octanol–water partition coefficient (Wildman–Crippen LogP) is 12.5. The van der Waals surface area contributed by atoms with Crippen LogP contribution in [-0.2, 0) is 23.7 Å². The fourth-order valence-corrected chi connectivity index (χ4v) is 5.37. The summed E-state index contributed by atoms with van der Waals surface area (Å²) in [6.45, 7) is -3.61. The second-order valence-electron chi connectivity index (χ2n) is 11.4. The number of hydrogen-bond acceptors (Lipinski definition) is 5. The highest BCUT2D eigenvalue weighted by Gasteiger charge is 2.88. The highest BCUT2D eigenvalue weighted by Crippen LogP contribution is 2.58. The zero-order valence-electron chi connectivity index (χ0n) is 28.4. The van der Waals surface area contributed by atoms with Gasteiger partial charge in [-0.1, -0.05) is 38.5 Å². The maximum atomic E-state index is 15.2. The van der Waals surface area contributed by atoms with Crippen LogP contribution in [0.1, 0.15) is 89.9 Å². The Morgan fingerprint density at radius 2 is 1.06 bits per heavy atom. The van der Waals surface area contributed by atoms with Crippen molar-refractivity contribution in [2.24, 2.45) is 0 Å². The molecule has 312 valence electrons. The Morgan fingerprint density at radius 3 is 1.56 bits per heavy atom. The van der Waals surface area contributed by atoms with Gasteiger partial charge in [-0.3, -0.25) is 8.78 Å². The molecule has 0 rings (SSSR count). The Hall–Kier alpha value is -0.350. The quantitative estimate of drug-likeness (QED) is 0.0164. The predicted molar refractivity (Wildman–Crippen MR) is 180 cm³/mol. The molecule has 0 aliphatic carbocycles. The van der Waals surface area contributed by atoms with E-state index in [4.69, 9.17) is 30.5 Å². The van der Waals surface area contributed by atoms with Gasteiger partial charge in [0.25, 0.3) is 0 Å². The van der Waals surface area contributed by atoms with Crippen LogP contribution in [0, 0.1) is 0 Å². The van der Waals surface area contributed by atoms with Crippen molar-refractivity contribution in [2.75, 3.05) is 55.4 Å². The Kier molecular flexibility index (Phi) is 25.6. The number of unbranched alkanes of at least 4 members (excludes halogenated alkanes) is 8. The molecule has 0 spiro atoms. The molecule has 0 aromatic rings. The third kappa shape index (κ3) is 16.0. The van der Waals surface area contributed by atoms with Crippen LogP contribution in [0.3, 0.4) is 0 Å². The maximum absolute atomic E-state index is 15.2. The van der Waals surface area contributed by atoms with Crippen LogP contribution in [0.15, 0.2) is 11.7 Å². The molecule has 0 N–H and O–H groups in total. The van der Waals surface area contributed by atoms with Gasteiger partial charge in [0.15, 0.2) is 0 Å². The minimum atomic E-state index is -7.76. The van der Waals surface area contributed by atoms with Gasteiger partial charge in [-0.2, -0.15) is 48.3 Å². The smallest absolute Gasteiger partial charge is 0.473 e. The minimum Gasteiger partial charge on any atom is -0.487 e. The van der Waals surface area contributed by atoms with E-state index in [1.807, 2.05) is 22.6 Å². The van der Waals surface area contributed by atoms with E-state index in [9.17, 15) is 48.3 Å². The van der Waals surface area contributed by atoms with Gasteiger partial charge in [0, 0.05) is 17.6 Å². The molecular weight excluding hydrogens is 942 g/mol. The standard InChI is InChI=1S/C31H46BrClF13IO5/c32-15-5-1-9-20-48-24(26(14-13-18-35,50-22-11-2-6-16-33)51-23-12-3-7-17-34)25(49-21-10-4-8-19-47)52-31(45,46)29(40,41)27(36,37)28(38,39)30(42,43)44/h1-23H2. The first-order chi connectivity index (χ1) is 24.3. The lowest BCUT2D eigenvalue weighted by atomic mass is 10.0. The summed E-state index contributed by atoms with van der Waals surface area (Å²) < 4.78 is 208. The molecule has 5 nitrogen and oxygen atoms in total. The molecule has 0 aliphatic heterocycles. The van der Waals surface area contributed by atoms with E-state index in [1.165, 1.54) is 0 Å². The van der Waals surface area contributed by atoms with Gasteiger partial charge in [-0.25, -0.2) is 0 Å². The molecule has 0 saturated carbocycles. The van der Waals surface area contributed by atoms with Gasteiger partial charge in [-0.15, -0.1) is 11.6 Å². The lowest BCUT2D eigenvalue weighted by molar-refractivity contribution is -0.455. The molecule has 0 radical (unpaired) electrons. The van der Waals surface area contributed by atoms with Crippen molar-refractivity contribution in [1.29, 1.82) is 0 Å². The first-order valence-corrected chi connectivity index (χ1v) is 19.8. The van der Waals surface area contributed by atoms with Gasteiger partial charge in [-0.05, 0) is 87.9 Å². The molecule has 1 atom stereocenters. The van der Waals surface area contributed by atoms with E-state index in [2.05, 4.69) is 20.7 Å². The Labute approximate surface area is 322 Å². The molecule has 21 heteroatoms. The van der Waals surface area contributed by atoms with Crippen LogP contribution in [0.4, 0.5) is 57.1 Å². The molecular formula is C31H46BrClF13IO5. The molecule has 52 heavy (non-hydrogen) atoms. The molecule has 0 aliphatic rings. The summed E-state index contributed by atoms with van der Waals surface area (Å²) >= 11 is 10.9. The molecule has 0 aromatic heterocycles. The summed E-state index contributed by atoms with van der Waals surface area (Å²) in [7, 11) is 0. The number of halogens is 16. The van der Waals surface area contributed by atoms with Gasteiger partial charge >= 0.3 is 36.0 Å². The number of rotatable bonds is 33. The van der Waals surface area contributed by atoms with Crippen molar-refractivity contribution >= 4 is 50.1 Å². The zero-order chi connectivity index (χ0) is 40.0. The Morgan fingerprint density at radius 1 is 0.558 bits per heavy atom. The first kappa shape index (κ1) is 51.6. The molecule has 0 bridgehead atoms. The van der Waals surface area contributed by atoms with E-state index in [1.54, 1.807) is 0 Å². The average molecular weight is 988 g/mol. The molecule has 0 aromatic carbocycles. The van der Waals surface area contributed by atoms with Crippen molar-refractivity contribution in [3.05, 3.63) is 11.7 Å². The van der Waals surface area contributed by atoms with Crippen LogP contribution in [-0.4, -0.2) is 91.3 Å². The maximum Gasteiger partial charge on any atom is 0.473 e. The van der Waals surface area contributed by atoms with E-state index in [0.29, 0.717) is 48.3 Å². The molecule has 0 saturated heterocycles. The van der Waals surface area contributed by atoms with Gasteiger partial charge < -0.3 is 23.7 Å². The van der Waals surface area contributed by atoms with Crippen molar-refractivity contribution < 1.29 is 80.8 Å².